The predicted octanol–water partition coefficient (Wildman–Crippen LogP) is 6.39. The van der Waals surface area contributed by atoms with Crippen molar-refractivity contribution in [3.8, 4) is 22.5 Å². The molecule has 1 aromatic heterocycles. The van der Waals surface area contributed by atoms with Crippen LogP contribution >= 0.6 is 0 Å². The zero-order chi connectivity index (χ0) is 26.7. The standard InChI is InChI=1S/C29H29FN2O4S/c1-19(2)9-8-16-32(37(4,34)35)25-18-26-24(17-23(25)20-10-6-5-7-11-20)27(29(33)31-3)28(36-26)21-12-14-22(30)15-13-21/h5-7,9-15,17-18H,8,16H2,1-4H3,(H,31,33). The molecule has 1 amide bonds. The van der Waals surface area contributed by atoms with Crippen LogP contribution in [-0.2, 0) is 10.0 Å². The molecule has 0 atom stereocenters. The molecule has 0 spiro atoms. The van der Waals surface area contributed by atoms with E-state index in [2.05, 4.69) is 5.32 Å². The lowest BCUT2D eigenvalue weighted by atomic mass is 9.98. The maximum Gasteiger partial charge on any atom is 0.255 e. The van der Waals surface area contributed by atoms with Crippen molar-refractivity contribution < 1.29 is 22.0 Å². The molecule has 4 aromatic rings. The molecule has 192 valence electrons. The van der Waals surface area contributed by atoms with Crippen LogP contribution in [0.2, 0.25) is 0 Å². The van der Waals surface area contributed by atoms with Crippen LogP contribution in [0.5, 0.6) is 0 Å². The predicted molar refractivity (Wildman–Crippen MR) is 147 cm³/mol. The number of carbonyl (C=O) groups is 1. The van der Waals surface area contributed by atoms with E-state index in [0.29, 0.717) is 39.8 Å². The minimum Gasteiger partial charge on any atom is -0.455 e. The summed E-state index contributed by atoms with van der Waals surface area (Å²) < 4.78 is 47.1. The maximum absolute atomic E-state index is 13.6. The number of fused-ring (bicyclic) bond motifs is 1. The number of rotatable bonds is 8. The summed E-state index contributed by atoms with van der Waals surface area (Å²) in [6, 6.07) is 18.5. The third kappa shape index (κ3) is 5.59. The third-order valence-electron chi connectivity index (χ3n) is 6.01. The summed E-state index contributed by atoms with van der Waals surface area (Å²) in [4.78, 5) is 13.0. The summed E-state index contributed by atoms with van der Waals surface area (Å²) in [7, 11) is -2.13. The van der Waals surface area contributed by atoms with Gasteiger partial charge < -0.3 is 9.73 Å². The summed E-state index contributed by atoms with van der Waals surface area (Å²) in [5, 5.41) is 3.18. The van der Waals surface area contributed by atoms with Crippen molar-refractivity contribution in [2.45, 2.75) is 20.3 Å². The van der Waals surface area contributed by atoms with Gasteiger partial charge in [-0.25, -0.2) is 12.8 Å². The van der Waals surface area contributed by atoms with Crippen LogP contribution in [-0.4, -0.2) is 34.2 Å². The number of allylic oxidation sites excluding steroid dienone is 1. The molecular formula is C29H29FN2O4S. The number of furan rings is 1. The van der Waals surface area contributed by atoms with Crippen molar-refractivity contribution in [2.24, 2.45) is 0 Å². The molecule has 3 aromatic carbocycles. The number of halogens is 1. The second-order valence-corrected chi connectivity index (χ2v) is 10.9. The van der Waals surface area contributed by atoms with Gasteiger partial charge >= 0.3 is 0 Å². The molecule has 0 aliphatic rings. The third-order valence-corrected chi connectivity index (χ3v) is 7.19. The van der Waals surface area contributed by atoms with Crippen molar-refractivity contribution in [1.29, 1.82) is 0 Å². The minimum atomic E-state index is -3.65. The van der Waals surface area contributed by atoms with E-state index in [1.165, 1.54) is 29.7 Å². The summed E-state index contributed by atoms with van der Waals surface area (Å²) in [5.74, 6) is -0.496. The first-order chi connectivity index (χ1) is 17.6. The topological polar surface area (TPSA) is 79.6 Å². The van der Waals surface area contributed by atoms with Gasteiger partial charge in [0.25, 0.3) is 5.91 Å². The first-order valence-electron chi connectivity index (χ1n) is 11.8. The van der Waals surface area contributed by atoms with E-state index in [-0.39, 0.29) is 18.2 Å². The maximum atomic E-state index is 13.6. The van der Waals surface area contributed by atoms with Crippen LogP contribution in [0.25, 0.3) is 33.4 Å². The highest BCUT2D eigenvalue weighted by Crippen LogP contribution is 2.41. The molecular weight excluding hydrogens is 491 g/mol. The first-order valence-corrected chi connectivity index (χ1v) is 13.7. The molecule has 8 heteroatoms. The van der Waals surface area contributed by atoms with Gasteiger partial charge in [0.05, 0.1) is 17.5 Å². The fraction of sp³-hybridized carbons (Fsp3) is 0.207. The molecule has 0 saturated carbocycles. The molecule has 1 heterocycles. The van der Waals surface area contributed by atoms with Crippen LogP contribution in [0.15, 0.2) is 82.8 Å². The Kier molecular flexibility index (Phi) is 7.50. The molecule has 0 aliphatic heterocycles. The summed E-state index contributed by atoms with van der Waals surface area (Å²) in [5.41, 5.74) is 4.16. The number of hydrogen-bond donors (Lipinski definition) is 1. The second kappa shape index (κ2) is 10.6. The Balaban J connectivity index is 2.03. The molecule has 6 nitrogen and oxygen atoms in total. The monoisotopic (exact) mass is 520 g/mol. The Labute approximate surface area is 216 Å². The minimum absolute atomic E-state index is 0.239. The quantitative estimate of drug-likeness (QED) is 0.273. The highest BCUT2D eigenvalue weighted by atomic mass is 32.2. The number of carbonyl (C=O) groups excluding carboxylic acids is 1. The molecule has 0 bridgehead atoms. The molecule has 1 N–H and O–H groups in total. The van der Waals surface area contributed by atoms with Crippen molar-refractivity contribution in [3.05, 3.63) is 89.8 Å². The molecule has 0 unspecified atom stereocenters. The molecule has 0 aliphatic carbocycles. The van der Waals surface area contributed by atoms with E-state index in [1.807, 2.05) is 50.3 Å². The van der Waals surface area contributed by atoms with Gasteiger partial charge in [-0.3, -0.25) is 9.10 Å². The van der Waals surface area contributed by atoms with Gasteiger partial charge in [-0.05, 0) is 56.2 Å². The number of benzene rings is 3. The van der Waals surface area contributed by atoms with E-state index in [4.69, 9.17) is 4.42 Å². The largest absolute Gasteiger partial charge is 0.455 e. The summed E-state index contributed by atoms with van der Waals surface area (Å²) >= 11 is 0. The Hall–Kier alpha value is -3.91. The van der Waals surface area contributed by atoms with Crippen LogP contribution in [0, 0.1) is 5.82 Å². The number of nitrogens with zero attached hydrogens (tertiary/aromatic N) is 1. The highest BCUT2D eigenvalue weighted by Gasteiger charge is 2.27. The van der Waals surface area contributed by atoms with E-state index in [1.54, 1.807) is 24.3 Å². The highest BCUT2D eigenvalue weighted by molar-refractivity contribution is 7.92. The van der Waals surface area contributed by atoms with Crippen LogP contribution in [0.1, 0.15) is 30.6 Å². The lowest BCUT2D eigenvalue weighted by Crippen LogP contribution is -2.31. The molecule has 4 rings (SSSR count). The number of hydrogen-bond acceptors (Lipinski definition) is 4. The van der Waals surface area contributed by atoms with E-state index in [9.17, 15) is 17.6 Å². The van der Waals surface area contributed by atoms with Crippen LogP contribution in [0.4, 0.5) is 10.1 Å². The normalized spacial score (nSPS) is 11.4. The lowest BCUT2D eigenvalue weighted by Gasteiger charge is -2.25. The number of nitrogens with one attached hydrogen (secondary N) is 1. The Bertz CT molecular complexity index is 1570. The van der Waals surface area contributed by atoms with Crippen LogP contribution in [0.3, 0.4) is 0 Å². The fourth-order valence-corrected chi connectivity index (χ4v) is 5.22. The van der Waals surface area contributed by atoms with E-state index < -0.39 is 15.8 Å². The van der Waals surface area contributed by atoms with Crippen molar-refractivity contribution >= 4 is 32.6 Å². The number of amides is 1. The zero-order valence-corrected chi connectivity index (χ0v) is 22.0. The van der Waals surface area contributed by atoms with E-state index >= 15 is 0 Å². The van der Waals surface area contributed by atoms with Gasteiger partial charge in [-0.15, -0.1) is 0 Å². The Morgan fingerprint density at radius 3 is 2.30 bits per heavy atom. The Morgan fingerprint density at radius 2 is 1.70 bits per heavy atom. The average molecular weight is 521 g/mol. The molecule has 0 radical (unpaired) electrons. The average Bonchev–Trinajstić information content (AvgIpc) is 3.24. The fourth-order valence-electron chi connectivity index (χ4n) is 4.28. The second-order valence-electron chi connectivity index (χ2n) is 9.03. The van der Waals surface area contributed by atoms with Gasteiger partial charge in [-0.2, -0.15) is 0 Å². The molecule has 0 saturated heterocycles. The van der Waals surface area contributed by atoms with Gasteiger partial charge in [0.15, 0.2) is 0 Å². The lowest BCUT2D eigenvalue weighted by molar-refractivity contribution is 0.0964. The molecule has 0 fully saturated rings. The zero-order valence-electron chi connectivity index (χ0n) is 21.2. The van der Waals surface area contributed by atoms with Crippen molar-refractivity contribution in [1.82, 2.24) is 5.32 Å². The van der Waals surface area contributed by atoms with Crippen molar-refractivity contribution in [3.63, 3.8) is 0 Å². The van der Waals surface area contributed by atoms with Gasteiger partial charge in [0.2, 0.25) is 10.0 Å². The van der Waals surface area contributed by atoms with E-state index in [0.717, 1.165) is 11.1 Å². The van der Waals surface area contributed by atoms with Gasteiger partial charge in [-0.1, -0.05) is 42.0 Å². The van der Waals surface area contributed by atoms with Crippen molar-refractivity contribution in [2.75, 3.05) is 24.2 Å². The SMILES string of the molecule is CNC(=O)c1c(-c2ccc(F)cc2)oc2cc(N(CCC=C(C)C)S(C)(=O)=O)c(-c3ccccc3)cc12. The number of sulfonamides is 1. The van der Waals surface area contributed by atoms with Gasteiger partial charge in [0, 0.05) is 36.2 Å². The summed E-state index contributed by atoms with van der Waals surface area (Å²) in [6.07, 6.45) is 3.70. The summed E-state index contributed by atoms with van der Waals surface area (Å²) in [6.45, 7) is 4.17. The molecule has 37 heavy (non-hydrogen) atoms. The first kappa shape index (κ1) is 26.2. The van der Waals surface area contributed by atoms with Crippen LogP contribution < -0.4 is 9.62 Å². The Morgan fingerprint density at radius 1 is 1.03 bits per heavy atom. The number of anilines is 1. The van der Waals surface area contributed by atoms with Gasteiger partial charge in [0.1, 0.15) is 17.2 Å². The smallest absolute Gasteiger partial charge is 0.255 e.